The standard InChI is InChI=1S/C30H38N4O5/c1-20-10-7-8-15-34(20)25-14-13-22(17-24(25)19-37-6)28-31-27(32-39-28)21-11-9-12-23(16-21)29(36)33(5)18-26(35)38-30(2,3)4/h9,11-14,16-17,20H,7-8,10,15,18-19H2,1-6H3. The fourth-order valence-electron chi connectivity index (χ4n) is 4.83. The van der Waals surface area contributed by atoms with Gasteiger partial charge < -0.3 is 23.8 Å². The van der Waals surface area contributed by atoms with Crippen LogP contribution in [-0.2, 0) is 20.9 Å². The Balaban J connectivity index is 1.53. The van der Waals surface area contributed by atoms with Crippen molar-refractivity contribution in [3.8, 4) is 22.8 Å². The molecule has 1 aliphatic rings. The molecule has 1 fully saturated rings. The van der Waals surface area contributed by atoms with Gasteiger partial charge in [0.25, 0.3) is 11.8 Å². The number of carbonyl (C=O) groups is 2. The first-order valence-electron chi connectivity index (χ1n) is 13.4. The molecule has 1 amide bonds. The lowest BCUT2D eigenvalue weighted by Crippen LogP contribution is -2.38. The highest BCUT2D eigenvalue weighted by molar-refractivity contribution is 5.96. The molecule has 9 heteroatoms. The van der Waals surface area contributed by atoms with Gasteiger partial charge in [0.1, 0.15) is 12.1 Å². The molecule has 3 aromatic rings. The molecule has 1 aliphatic heterocycles. The lowest BCUT2D eigenvalue weighted by atomic mass is 10.00. The molecule has 0 bridgehead atoms. The first-order chi connectivity index (χ1) is 18.6. The van der Waals surface area contributed by atoms with E-state index in [9.17, 15) is 9.59 Å². The number of nitrogens with zero attached hydrogens (tertiary/aromatic N) is 4. The second kappa shape index (κ2) is 12.0. The van der Waals surface area contributed by atoms with Crippen LogP contribution in [0.25, 0.3) is 22.8 Å². The average Bonchev–Trinajstić information content (AvgIpc) is 3.38. The monoisotopic (exact) mass is 534 g/mol. The fraction of sp³-hybridized carbons (Fsp3) is 0.467. The van der Waals surface area contributed by atoms with Gasteiger partial charge in [-0.3, -0.25) is 9.59 Å². The van der Waals surface area contributed by atoms with E-state index in [1.54, 1.807) is 53.1 Å². The summed E-state index contributed by atoms with van der Waals surface area (Å²) in [6.45, 7) is 9.00. The summed E-state index contributed by atoms with van der Waals surface area (Å²) < 4.78 is 16.5. The highest BCUT2D eigenvalue weighted by Gasteiger charge is 2.23. The van der Waals surface area contributed by atoms with E-state index < -0.39 is 11.6 Å². The summed E-state index contributed by atoms with van der Waals surface area (Å²) in [6.07, 6.45) is 3.62. The number of ether oxygens (including phenoxy) is 2. The van der Waals surface area contributed by atoms with Gasteiger partial charge in [0, 0.05) is 54.7 Å². The molecule has 1 saturated heterocycles. The highest BCUT2D eigenvalue weighted by Crippen LogP contribution is 2.32. The number of anilines is 1. The maximum Gasteiger partial charge on any atom is 0.326 e. The molecule has 2 heterocycles. The van der Waals surface area contributed by atoms with Gasteiger partial charge in [-0.25, -0.2) is 0 Å². The molecule has 208 valence electrons. The topological polar surface area (TPSA) is 98.0 Å². The quantitative estimate of drug-likeness (QED) is 0.357. The van der Waals surface area contributed by atoms with E-state index >= 15 is 0 Å². The third-order valence-corrected chi connectivity index (χ3v) is 6.67. The minimum absolute atomic E-state index is 0.150. The van der Waals surface area contributed by atoms with Crippen molar-refractivity contribution < 1.29 is 23.6 Å². The molecule has 0 spiro atoms. The zero-order valence-corrected chi connectivity index (χ0v) is 23.7. The Bertz CT molecular complexity index is 1310. The fourth-order valence-corrected chi connectivity index (χ4v) is 4.83. The summed E-state index contributed by atoms with van der Waals surface area (Å²) in [7, 11) is 3.26. The second-order valence-electron chi connectivity index (χ2n) is 11.1. The molecular formula is C30H38N4O5. The summed E-state index contributed by atoms with van der Waals surface area (Å²) in [5, 5.41) is 4.17. The minimum atomic E-state index is -0.617. The van der Waals surface area contributed by atoms with E-state index in [-0.39, 0.29) is 12.5 Å². The summed E-state index contributed by atoms with van der Waals surface area (Å²) in [5.41, 5.74) is 3.48. The lowest BCUT2D eigenvalue weighted by Gasteiger charge is -2.36. The number of carbonyl (C=O) groups excluding carboxylic acids is 2. The van der Waals surface area contributed by atoms with Crippen molar-refractivity contribution in [2.75, 3.05) is 32.1 Å². The van der Waals surface area contributed by atoms with Gasteiger partial charge >= 0.3 is 5.97 Å². The van der Waals surface area contributed by atoms with Crippen LogP contribution in [0, 0.1) is 0 Å². The molecule has 9 nitrogen and oxygen atoms in total. The molecule has 1 atom stereocenters. The summed E-state index contributed by atoms with van der Waals surface area (Å²) in [4.78, 5) is 33.5. The van der Waals surface area contributed by atoms with Crippen LogP contribution in [0.5, 0.6) is 0 Å². The first-order valence-corrected chi connectivity index (χ1v) is 13.4. The number of aromatic nitrogens is 2. The summed E-state index contributed by atoms with van der Waals surface area (Å²) in [5.74, 6) is -0.0140. The van der Waals surface area contributed by atoms with Crippen molar-refractivity contribution in [3.63, 3.8) is 0 Å². The van der Waals surface area contributed by atoms with Gasteiger partial charge in [-0.1, -0.05) is 17.3 Å². The Hall–Kier alpha value is -3.72. The Morgan fingerprint density at radius 1 is 1.13 bits per heavy atom. The van der Waals surface area contributed by atoms with Crippen LogP contribution in [-0.4, -0.2) is 65.8 Å². The zero-order chi connectivity index (χ0) is 28.2. The van der Waals surface area contributed by atoms with Crippen LogP contribution in [0.15, 0.2) is 47.0 Å². The molecular weight excluding hydrogens is 496 g/mol. The van der Waals surface area contributed by atoms with Gasteiger partial charge in [-0.05, 0) is 77.3 Å². The third-order valence-electron chi connectivity index (χ3n) is 6.67. The van der Waals surface area contributed by atoms with Crippen LogP contribution in [0.2, 0.25) is 0 Å². The molecule has 1 aromatic heterocycles. The molecule has 2 aromatic carbocycles. The number of benzene rings is 2. The number of hydrogen-bond acceptors (Lipinski definition) is 8. The molecule has 0 saturated carbocycles. The number of likely N-dealkylation sites (N-methyl/N-ethyl adjacent to an activating group) is 1. The Kier molecular flexibility index (Phi) is 8.70. The van der Waals surface area contributed by atoms with E-state index in [1.807, 2.05) is 18.2 Å². The van der Waals surface area contributed by atoms with E-state index in [0.29, 0.717) is 35.5 Å². The van der Waals surface area contributed by atoms with Crippen LogP contribution in [0.3, 0.4) is 0 Å². The number of rotatable bonds is 8. The van der Waals surface area contributed by atoms with Gasteiger partial charge in [0.05, 0.1) is 6.61 Å². The number of hydrogen-bond donors (Lipinski definition) is 0. The lowest BCUT2D eigenvalue weighted by molar-refractivity contribution is -0.155. The SMILES string of the molecule is COCc1cc(-c2nc(-c3cccc(C(=O)N(C)CC(=O)OC(C)(C)C)c3)no2)ccc1N1CCCCC1C. The van der Waals surface area contributed by atoms with Gasteiger partial charge in [-0.15, -0.1) is 0 Å². The van der Waals surface area contributed by atoms with Gasteiger partial charge in [-0.2, -0.15) is 4.98 Å². The largest absolute Gasteiger partial charge is 0.459 e. The Morgan fingerprint density at radius 2 is 1.92 bits per heavy atom. The maximum absolute atomic E-state index is 13.0. The minimum Gasteiger partial charge on any atom is -0.459 e. The van der Waals surface area contributed by atoms with Gasteiger partial charge in [0.2, 0.25) is 5.82 Å². The van der Waals surface area contributed by atoms with Crippen LogP contribution >= 0.6 is 0 Å². The van der Waals surface area contributed by atoms with Crippen LogP contribution in [0.1, 0.15) is 62.9 Å². The molecule has 0 N–H and O–H groups in total. The Labute approximate surface area is 230 Å². The molecule has 1 unspecified atom stereocenters. The molecule has 0 radical (unpaired) electrons. The van der Waals surface area contributed by atoms with Crippen molar-refractivity contribution in [1.29, 1.82) is 0 Å². The molecule has 39 heavy (non-hydrogen) atoms. The van der Waals surface area contributed by atoms with Crippen molar-refractivity contribution in [1.82, 2.24) is 15.0 Å². The number of piperidine rings is 1. The summed E-state index contributed by atoms with van der Waals surface area (Å²) in [6, 6.07) is 13.6. The van der Waals surface area contributed by atoms with E-state index in [0.717, 1.165) is 17.7 Å². The average molecular weight is 535 g/mol. The predicted octanol–water partition coefficient (Wildman–Crippen LogP) is 5.34. The highest BCUT2D eigenvalue weighted by atomic mass is 16.6. The molecule has 0 aliphatic carbocycles. The third kappa shape index (κ3) is 7.03. The zero-order valence-electron chi connectivity index (χ0n) is 23.7. The van der Waals surface area contributed by atoms with E-state index in [1.165, 1.54) is 29.8 Å². The second-order valence-corrected chi connectivity index (χ2v) is 11.1. The van der Waals surface area contributed by atoms with Crippen molar-refractivity contribution >= 4 is 17.6 Å². The van der Waals surface area contributed by atoms with Gasteiger partial charge in [0.15, 0.2) is 0 Å². The van der Waals surface area contributed by atoms with Crippen LogP contribution < -0.4 is 4.90 Å². The normalized spacial score (nSPS) is 15.7. The van der Waals surface area contributed by atoms with E-state index in [2.05, 4.69) is 28.0 Å². The van der Waals surface area contributed by atoms with Crippen LogP contribution in [0.4, 0.5) is 5.69 Å². The smallest absolute Gasteiger partial charge is 0.326 e. The predicted molar refractivity (Wildman–Crippen MR) is 149 cm³/mol. The molecule has 4 rings (SSSR count). The maximum atomic E-state index is 13.0. The Morgan fingerprint density at radius 3 is 2.64 bits per heavy atom. The van der Waals surface area contributed by atoms with E-state index in [4.69, 9.17) is 14.0 Å². The number of methoxy groups -OCH3 is 1. The van der Waals surface area contributed by atoms with Crippen molar-refractivity contribution in [2.24, 2.45) is 0 Å². The van der Waals surface area contributed by atoms with Crippen molar-refractivity contribution in [3.05, 3.63) is 53.6 Å². The number of esters is 1. The van der Waals surface area contributed by atoms with Crippen molar-refractivity contribution in [2.45, 2.75) is 65.2 Å². The summed E-state index contributed by atoms with van der Waals surface area (Å²) >= 11 is 0. The number of amides is 1. The first kappa shape index (κ1) is 28.3.